The summed E-state index contributed by atoms with van der Waals surface area (Å²) >= 11 is 1.04. The first-order valence-electron chi connectivity index (χ1n) is 7.96. The van der Waals surface area contributed by atoms with Crippen LogP contribution in [-0.4, -0.2) is 37.8 Å². The van der Waals surface area contributed by atoms with Gasteiger partial charge in [-0.05, 0) is 40.8 Å². The van der Waals surface area contributed by atoms with Gasteiger partial charge in [-0.3, -0.25) is 9.59 Å². The number of thioether (sulfide) groups is 1. The average molecular weight is 404 g/mol. The topological polar surface area (TPSA) is 102 Å². The first kappa shape index (κ1) is 19.4. The van der Waals surface area contributed by atoms with Gasteiger partial charge in [0.15, 0.2) is 0 Å². The number of hydrogen-bond donors (Lipinski definition) is 2. The first-order chi connectivity index (χ1) is 13.4. The highest BCUT2D eigenvalue weighted by atomic mass is 32.2. The summed E-state index contributed by atoms with van der Waals surface area (Å²) in [7, 11) is 0. The maximum atomic E-state index is 13.6. The molecular weight excluding hydrogens is 390 g/mol. The van der Waals surface area contributed by atoms with Crippen LogP contribution in [0.15, 0.2) is 47.6 Å². The van der Waals surface area contributed by atoms with E-state index < -0.39 is 17.5 Å². The highest BCUT2D eigenvalue weighted by molar-refractivity contribution is 7.99. The lowest BCUT2D eigenvalue weighted by Crippen LogP contribution is -2.15. The summed E-state index contributed by atoms with van der Waals surface area (Å²) in [6.45, 7) is 1.40. The smallest absolute Gasteiger partial charge is 0.234 e. The van der Waals surface area contributed by atoms with Crippen LogP contribution in [-0.2, 0) is 9.59 Å². The summed E-state index contributed by atoms with van der Waals surface area (Å²) < 4.78 is 27.9. The van der Waals surface area contributed by atoms with Gasteiger partial charge in [0.05, 0.1) is 17.1 Å². The zero-order valence-electron chi connectivity index (χ0n) is 14.5. The Labute approximate surface area is 162 Å². The third-order valence-corrected chi connectivity index (χ3v) is 4.31. The molecule has 144 valence electrons. The van der Waals surface area contributed by atoms with Crippen molar-refractivity contribution in [3.8, 4) is 5.69 Å². The maximum Gasteiger partial charge on any atom is 0.234 e. The van der Waals surface area contributed by atoms with Gasteiger partial charge in [-0.2, -0.15) is 4.68 Å². The number of nitrogens with one attached hydrogen (secondary N) is 2. The van der Waals surface area contributed by atoms with Gasteiger partial charge in [-0.1, -0.05) is 17.8 Å². The van der Waals surface area contributed by atoms with Crippen molar-refractivity contribution in [1.82, 2.24) is 20.2 Å². The van der Waals surface area contributed by atoms with Crippen molar-refractivity contribution in [2.45, 2.75) is 12.1 Å². The minimum atomic E-state index is -0.863. The Morgan fingerprint density at radius 1 is 1.14 bits per heavy atom. The number of tetrazole rings is 1. The fourth-order valence-electron chi connectivity index (χ4n) is 2.26. The molecule has 0 saturated heterocycles. The zero-order chi connectivity index (χ0) is 20.1. The van der Waals surface area contributed by atoms with Crippen molar-refractivity contribution in [2.75, 3.05) is 16.4 Å². The number of carbonyl (C=O) groups excluding carboxylic acids is 2. The number of aromatic nitrogens is 4. The van der Waals surface area contributed by atoms with Gasteiger partial charge >= 0.3 is 0 Å². The van der Waals surface area contributed by atoms with E-state index in [-0.39, 0.29) is 17.3 Å². The average Bonchev–Trinajstić information content (AvgIpc) is 3.11. The Balaban J connectivity index is 1.67. The van der Waals surface area contributed by atoms with Crippen molar-refractivity contribution in [2.24, 2.45) is 0 Å². The van der Waals surface area contributed by atoms with Gasteiger partial charge in [-0.25, -0.2) is 8.78 Å². The molecule has 1 heterocycles. The predicted molar refractivity (Wildman–Crippen MR) is 99.2 cm³/mol. The van der Waals surface area contributed by atoms with Gasteiger partial charge in [0.25, 0.3) is 0 Å². The molecule has 0 atom stereocenters. The Morgan fingerprint density at radius 2 is 1.96 bits per heavy atom. The Hall–Kier alpha value is -3.34. The van der Waals surface area contributed by atoms with Crippen LogP contribution in [0.3, 0.4) is 0 Å². The van der Waals surface area contributed by atoms with Crippen molar-refractivity contribution >= 4 is 35.0 Å². The van der Waals surface area contributed by atoms with Crippen LogP contribution in [0.25, 0.3) is 5.69 Å². The summed E-state index contributed by atoms with van der Waals surface area (Å²) in [5, 5.41) is 16.7. The van der Waals surface area contributed by atoms with Crippen LogP contribution in [0.2, 0.25) is 0 Å². The van der Waals surface area contributed by atoms with Crippen molar-refractivity contribution < 1.29 is 18.4 Å². The Morgan fingerprint density at radius 3 is 2.71 bits per heavy atom. The molecule has 11 heteroatoms. The Bertz CT molecular complexity index is 1030. The normalized spacial score (nSPS) is 10.5. The molecule has 0 bridgehead atoms. The highest BCUT2D eigenvalue weighted by Gasteiger charge is 2.13. The van der Waals surface area contributed by atoms with Crippen molar-refractivity contribution in [1.29, 1.82) is 0 Å². The maximum absolute atomic E-state index is 13.6. The number of benzene rings is 2. The molecular formula is C17H14F2N6O2S. The fourth-order valence-corrected chi connectivity index (χ4v) is 2.95. The second-order valence-corrected chi connectivity index (χ2v) is 6.51. The van der Waals surface area contributed by atoms with Crippen LogP contribution < -0.4 is 10.6 Å². The Kier molecular flexibility index (Phi) is 5.94. The second-order valence-electron chi connectivity index (χ2n) is 5.57. The van der Waals surface area contributed by atoms with Gasteiger partial charge < -0.3 is 10.6 Å². The molecule has 3 aromatic rings. The summed E-state index contributed by atoms with van der Waals surface area (Å²) in [4.78, 5) is 23.2. The number of halogens is 2. The van der Waals surface area contributed by atoms with E-state index in [2.05, 4.69) is 26.2 Å². The zero-order valence-corrected chi connectivity index (χ0v) is 15.3. The second kappa shape index (κ2) is 8.57. The predicted octanol–water partition coefficient (Wildman–Crippen LogP) is 2.63. The van der Waals surface area contributed by atoms with Gasteiger partial charge in [0.1, 0.15) is 11.6 Å². The molecule has 2 N–H and O–H groups in total. The number of nitrogens with zero attached hydrogens (tertiary/aromatic N) is 4. The molecule has 0 unspecified atom stereocenters. The van der Waals surface area contributed by atoms with E-state index in [0.29, 0.717) is 22.6 Å². The molecule has 28 heavy (non-hydrogen) atoms. The molecule has 0 spiro atoms. The molecule has 0 aliphatic heterocycles. The molecule has 0 saturated carbocycles. The summed E-state index contributed by atoms with van der Waals surface area (Å²) in [5.74, 6) is -2.41. The van der Waals surface area contributed by atoms with E-state index in [0.717, 1.165) is 23.9 Å². The molecule has 1 aromatic heterocycles. The monoisotopic (exact) mass is 404 g/mol. The SMILES string of the molecule is CC(=O)Nc1cccc(-n2nnnc2SCC(=O)Nc2ccc(F)cc2F)c1. The van der Waals surface area contributed by atoms with Gasteiger partial charge in [0.2, 0.25) is 17.0 Å². The van der Waals surface area contributed by atoms with Gasteiger partial charge in [0, 0.05) is 18.7 Å². The molecule has 0 fully saturated rings. The largest absolute Gasteiger partial charge is 0.326 e. The first-order valence-corrected chi connectivity index (χ1v) is 8.95. The standard InChI is InChI=1S/C17H14F2N6O2S/c1-10(26)20-12-3-2-4-13(8-12)25-17(22-23-24-25)28-9-16(27)21-15-6-5-11(18)7-14(15)19/h2-8H,9H2,1H3,(H,20,26)(H,21,27). The van der Waals surface area contributed by atoms with Crippen LogP contribution in [0.1, 0.15) is 6.92 Å². The fraction of sp³-hybridized carbons (Fsp3) is 0.118. The molecule has 0 aliphatic carbocycles. The van der Waals surface area contributed by atoms with Gasteiger partial charge in [-0.15, -0.1) is 5.10 Å². The molecule has 8 nitrogen and oxygen atoms in total. The summed E-state index contributed by atoms with van der Waals surface area (Å²) in [6, 6.07) is 9.73. The van der Waals surface area contributed by atoms with E-state index in [1.165, 1.54) is 11.6 Å². The number of amides is 2. The lowest BCUT2D eigenvalue weighted by molar-refractivity contribution is -0.114. The molecule has 0 aliphatic rings. The van der Waals surface area contributed by atoms with E-state index in [4.69, 9.17) is 0 Å². The van der Waals surface area contributed by atoms with E-state index in [9.17, 15) is 18.4 Å². The molecule has 2 aromatic carbocycles. The lowest BCUT2D eigenvalue weighted by atomic mass is 10.3. The summed E-state index contributed by atoms with van der Waals surface area (Å²) in [5.41, 5.74) is 1.04. The third-order valence-electron chi connectivity index (χ3n) is 3.39. The van der Waals surface area contributed by atoms with E-state index in [1.54, 1.807) is 24.3 Å². The van der Waals surface area contributed by atoms with Crippen molar-refractivity contribution in [3.63, 3.8) is 0 Å². The van der Waals surface area contributed by atoms with Crippen LogP contribution in [0.5, 0.6) is 0 Å². The van der Waals surface area contributed by atoms with Crippen molar-refractivity contribution in [3.05, 3.63) is 54.1 Å². The van der Waals surface area contributed by atoms with E-state index in [1.807, 2.05) is 0 Å². The quantitative estimate of drug-likeness (QED) is 0.613. The highest BCUT2D eigenvalue weighted by Crippen LogP contribution is 2.21. The minimum Gasteiger partial charge on any atom is -0.326 e. The van der Waals surface area contributed by atoms with E-state index >= 15 is 0 Å². The summed E-state index contributed by atoms with van der Waals surface area (Å²) in [6.07, 6.45) is 0. The number of hydrogen-bond acceptors (Lipinski definition) is 6. The molecule has 3 rings (SSSR count). The lowest BCUT2D eigenvalue weighted by Gasteiger charge is -2.08. The van der Waals surface area contributed by atoms with Crippen LogP contribution >= 0.6 is 11.8 Å². The molecule has 0 radical (unpaired) electrons. The number of anilines is 2. The number of carbonyl (C=O) groups is 2. The third kappa shape index (κ3) is 4.88. The van der Waals surface area contributed by atoms with Crippen LogP contribution in [0.4, 0.5) is 20.2 Å². The van der Waals surface area contributed by atoms with Crippen LogP contribution in [0, 0.1) is 11.6 Å². The minimum absolute atomic E-state index is 0.0947. The number of rotatable bonds is 6. The molecule has 2 amide bonds.